The average Bonchev–Trinajstić information content (AvgIpc) is 2.43. The molecule has 0 spiro atoms. The molecule has 0 aromatic heterocycles. The maximum Gasteiger partial charge on any atom is 0.161 e. The first-order chi connectivity index (χ1) is 9.39. The lowest BCUT2D eigenvalue weighted by molar-refractivity contribution is 0.101. The van der Waals surface area contributed by atoms with Crippen molar-refractivity contribution >= 4 is 5.78 Å². The van der Waals surface area contributed by atoms with E-state index >= 15 is 0 Å². The zero-order chi connectivity index (χ0) is 15.2. The maximum absolute atomic E-state index is 11.3. The third-order valence-corrected chi connectivity index (χ3v) is 3.08. The molecule has 0 amide bonds. The number of carbonyl (C=O) groups is 1. The van der Waals surface area contributed by atoms with Gasteiger partial charge in [0.2, 0.25) is 0 Å². The topological polar surface area (TPSA) is 59.3 Å². The van der Waals surface area contributed by atoms with Crippen LogP contribution in [0.4, 0.5) is 0 Å². The first kappa shape index (κ1) is 16.0. The van der Waals surface area contributed by atoms with E-state index in [-0.39, 0.29) is 11.2 Å². The summed E-state index contributed by atoms with van der Waals surface area (Å²) in [5.74, 6) is 1.16. The number of hydrogen-bond donors (Lipinski definition) is 0. The molecular formula is C16H21NO3. The van der Waals surface area contributed by atoms with Crippen LogP contribution in [0, 0.1) is 16.7 Å². The Labute approximate surface area is 120 Å². The van der Waals surface area contributed by atoms with E-state index < -0.39 is 0 Å². The van der Waals surface area contributed by atoms with Crippen molar-refractivity contribution < 1.29 is 14.3 Å². The Bertz CT molecular complexity index is 515. The molecule has 0 aliphatic rings. The second-order valence-electron chi connectivity index (χ2n) is 5.37. The SMILES string of the molecule is COc1cc(C(C)=O)ccc1OCCCC(C)(C)C#N. The number of hydrogen-bond acceptors (Lipinski definition) is 4. The molecule has 0 saturated carbocycles. The fourth-order valence-electron chi connectivity index (χ4n) is 1.76. The summed E-state index contributed by atoms with van der Waals surface area (Å²) in [6.07, 6.45) is 1.56. The summed E-state index contributed by atoms with van der Waals surface area (Å²) >= 11 is 0. The minimum atomic E-state index is -0.327. The van der Waals surface area contributed by atoms with Crippen LogP contribution in [0.25, 0.3) is 0 Å². The van der Waals surface area contributed by atoms with E-state index in [2.05, 4.69) is 6.07 Å². The maximum atomic E-state index is 11.3. The van der Waals surface area contributed by atoms with Crippen molar-refractivity contribution in [2.24, 2.45) is 5.41 Å². The molecule has 0 radical (unpaired) electrons. The number of ether oxygens (including phenoxy) is 2. The number of benzene rings is 1. The van der Waals surface area contributed by atoms with Crippen LogP contribution in [0.3, 0.4) is 0 Å². The van der Waals surface area contributed by atoms with Crippen LogP contribution in [0.15, 0.2) is 18.2 Å². The zero-order valence-corrected chi connectivity index (χ0v) is 12.5. The number of rotatable bonds is 7. The Balaban J connectivity index is 2.61. The van der Waals surface area contributed by atoms with Crippen molar-refractivity contribution in [3.05, 3.63) is 23.8 Å². The molecule has 1 aromatic rings. The van der Waals surface area contributed by atoms with Gasteiger partial charge in [0.1, 0.15) is 0 Å². The van der Waals surface area contributed by atoms with Crippen molar-refractivity contribution in [2.75, 3.05) is 13.7 Å². The summed E-state index contributed by atoms with van der Waals surface area (Å²) in [5.41, 5.74) is 0.270. The third-order valence-electron chi connectivity index (χ3n) is 3.08. The summed E-state index contributed by atoms with van der Waals surface area (Å²) < 4.78 is 10.9. The van der Waals surface area contributed by atoms with Gasteiger partial charge >= 0.3 is 0 Å². The van der Waals surface area contributed by atoms with Gasteiger partial charge in [0.25, 0.3) is 0 Å². The van der Waals surface area contributed by atoms with Gasteiger partial charge in [0.05, 0.1) is 25.2 Å². The summed E-state index contributed by atoms with van der Waals surface area (Å²) in [5, 5.41) is 8.93. The van der Waals surface area contributed by atoms with Crippen molar-refractivity contribution in [3.8, 4) is 17.6 Å². The summed E-state index contributed by atoms with van der Waals surface area (Å²) in [7, 11) is 1.55. The van der Waals surface area contributed by atoms with E-state index in [4.69, 9.17) is 14.7 Å². The van der Waals surface area contributed by atoms with Crippen LogP contribution in [-0.2, 0) is 0 Å². The van der Waals surface area contributed by atoms with Gasteiger partial charge in [0.15, 0.2) is 17.3 Å². The first-order valence-electron chi connectivity index (χ1n) is 6.62. The molecule has 0 N–H and O–H groups in total. The van der Waals surface area contributed by atoms with Crippen LogP contribution in [0.2, 0.25) is 0 Å². The van der Waals surface area contributed by atoms with E-state index in [0.717, 1.165) is 12.8 Å². The van der Waals surface area contributed by atoms with Crippen LogP contribution in [0.1, 0.15) is 44.0 Å². The van der Waals surface area contributed by atoms with Crippen molar-refractivity contribution in [3.63, 3.8) is 0 Å². The van der Waals surface area contributed by atoms with Gasteiger partial charge in [-0.3, -0.25) is 4.79 Å². The average molecular weight is 275 g/mol. The molecule has 108 valence electrons. The predicted octanol–water partition coefficient (Wildman–Crippen LogP) is 3.61. The van der Waals surface area contributed by atoms with Crippen molar-refractivity contribution in [1.29, 1.82) is 5.26 Å². The van der Waals surface area contributed by atoms with Crippen LogP contribution in [0.5, 0.6) is 11.5 Å². The Hall–Kier alpha value is -2.02. The molecule has 0 aliphatic carbocycles. The molecule has 1 aromatic carbocycles. The smallest absolute Gasteiger partial charge is 0.161 e. The number of nitrogens with zero attached hydrogens (tertiary/aromatic N) is 1. The summed E-state index contributed by atoms with van der Waals surface area (Å²) in [4.78, 5) is 11.3. The molecule has 0 bridgehead atoms. The van der Waals surface area contributed by atoms with E-state index in [9.17, 15) is 4.79 Å². The van der Waals surface area contributed by atoms with Gasteiger partial charge in [-0.2, -0.15) is 5.26 Å². The Morgan fingerprint density at radius 3 is 2.60 bits per heavy atom. The molecule has 0 saturated heterocycles. The Morgan fingerprint density at radius 1 is 1.35 bits per heavy atom. The molecule has 0 aliphatic heterocycles. The standard InChI is InChI=1S/C16H21NO3/c1-12(18)13-6-7-14(15(10-13)19-4)20-9-5-8-16(2,3)11-17/h6-7,10H,5,8-9H2,1-4H3. The quantitative estimate of drug-likeness (QED) is 0.563. The molecular weight excluding hydrogens is 254 g/mol. The van der Waals surface area contributed by atoms with Gasteiger partial charge in [-0.15, -0.1) is 0 Å². The monoisotopic (exact) mass is 275 g/mol. The highest BCUT2D eigenvalue weighted by molar-refractivity contribution is 5.94. The van der Waals surface area contributed by atoms with Gasteiger partial charge in [0, 0.05) is 5.56 Å². The molecule has 20 heavy (non-hydrogen) atoms. The highest BCUT2D eigenvalue weighted by Gasteiger charge is 2.16. The van der Waals surface area contributed by atoms with Crippen molar-refractivity contribution in [1.82, 2.24) is 0 Å². The highest BCUT2D eigenvalue weighted by atomic mass is 16.5. The minimum Gasteiger partial charge on any atom is -0.493 e. The van der Waals surface area contributed by atoms with Gasteiger partial charge in [-0.1, -0.05) is 0 Å². The number of methoxy groups -OCH3 is 1. The molecule has 0 fully saturated rings. The van der Waals surface area contributed by atoms with Gasteiger partial charge in [-0.05, 0) is 51.8 Å². The van der Waals surface area contributed by atoms with Gasteiger partial charge < -0.3 is 9.47 Å². The summed E-state index contributed by atoms with van der Waals surface area (Å²) in [6.45, 7) is 5.85. The number of carbonyl (C=O) groups excluding carboxylic acids is 1. The normalized spacial score (nSPS) is 10.8. The molecule has 0 unspecified atom stereocenters. The molecule has 4 heteroatoms. The summed E-state index contributed by atoms with van der Waals surface area (Å²) in [6, 6.07) is 7.40. The number of nitriles is 1. The lowest BCUT2D eigenvalue weighted by Gasteiger charge is -2.15. The zero-order valence-electron chi connectivity index (χ0n) is 12.5. The fraction of sp³-hybridized carbons (Fsp3) is 0.500. The first-order valence-corrected chi connectivity index (χ1v) is 6.62. The minimum absolute atomic E-state index is 0.00869. The largest absolute Gasteiger partial charge is 0.493 e. The van der Waals surface area contributed by atoms with Crippen LogP contribution >= 0.6 is 0 Å². The molecule has 0 heterocycles. The van der Waals surface area contributed by atoms with E-state index in [1.807, 2.05) is 13.8 Å². The van der Waals surface area contributed by atoms with E-state index in [1.54, 1.807) is 25.3 Å². The second kappa shape index (κ2) is 6.95. The lowest BCUT2D eigenvalue weighted by atomic mass is 9.90. The fourth-order valence-corrected chi connectivity index (χ4v) is 1.76. The van der Waals surface area contributed by atoms with Crippen LogP contribution < -0.4 is 9.47 Å². The third kappa shape index (κ3) is 4.58. The predicted molar refractivity (Wildman–Crippen MR) is 77.1 cm³/mol. The molecule has 0 atom stereocenters. The lowest BCUT2D eigenvalue weighted by Crippen LogP contribution is -2.10. The molecule has 1 rings (SSSR count). The van der Waals surface area contributed by atoms with E-state index in [0.29, 0.717) is 23.7 Å². The highest BCUT2D eigenvalue weighted by Crippen LogP contribution is 2.29. The Kier molecular flexibility index (Phi) is 5.57. The number of Topliss-reactive ketones (excluding diaryl/α,β-unsaturated/α-hetero) is 1. The number of ketones is 1. The van der Waals surface area contributed by atoms with Crippen LogP contribution in [-0.4, -0.2) is 19.5 Å². The Morgan fingerprint density at radius 2 is 2.05 bits per heavy atom. The van der Waals surface area contributed by atoms with Crippen molar-refractivity contribution in [2.45, 2.75) is 33.6 Å². The molecule has 4 nitrogen and oxygen atoms in total. The van der Waals surface area contributed by atoms with Gasteiger partial charge in [-0.25, -0.2) is 0 Å². The second-order valence-corrected chi connectivity index (χ2v) is 5.37. The van der Waals surface area contributed by atoms with E-state index in [1.165, 1.54) is 6.92 Å².